The van der Waals surface area contributed by atoms with E-state index in [9.17, 15) is 9.59 Å². The molecule has 0 aliphatic rings. The highest BCUT2D eigenvalue weighted by molar-refractivity contribution is 5.94. The van der Waals surface area contributed by atoms with Crippen LogP contribution in [0, 0.1) is 0 Å². The first kappa shape index (κ1) is 18.8. The Balaban J connectivity index is 1.75. The number of carbonyl (C=O) groups is 2. The second-order valence-corrected chi connectivity index (χ2v) is 6.13. The van der Waals surface area contributed by atoms with Gasteiger partial charge < -0.3 is 21.7 Å². The van der Waals surface area contributed by atoms with Gasteiger partial charge >= 0.3 is 0 Å². The van der Waals surface area contributed by atoms with E-state index in [1.165, 1.54) is 20.2 Å². The number of rotatable bonds is 6. The summed E-state index contributed by atoms with van der Waals surface area (Å²) in [5.74, 6) is 0.769. The Morgan fingerprint density at radius 2 is 1.25 bits per heavy atom. The van der Waals surface area contributed by atoms with Crippen molar-refractivity contribution in [3.8, 4) is 0 Å². The lowest BCUT2D eigenvalue weighted by Gasteiger charge is -2.13. The van der Waals surface area contributed by atoms with Gasteiger partial charge in [-0.1, -0.05) is 0 Å². The molecular formula is C20H20N6O2. The van der Waals surface area contributed by atoms with E-state index >= 15 is 0 Å². The summed E-state index contributed by atoms with van der Waals surface area (Å²) < 4.78 is 0. The van der Waals surface area contributed by atoms with Crippen LogP contribution in [-0.4, -0.2) is 21.7 Å². The Kier molecular flexibility index (Phi) is 5.50. The molecule has 3 rings (SSSR count). The molecule has 142 valence electrons. The normalized spacial score (nSPS) is 10.2. The fourth-order valence-electron chi connectivity index (χ4n) is 2.50. The number of hydrogen-bond acceptors (Lipinski definition) is 7. The molecule has 0 fully saturated rings. The second kappa shape index (κ2) is 8.17. The minimum absolute atomic E-state index is 0.00380. The first-order valence-corrected chi connectivity index (χ1v) is 8.55. The average molecular weight is 376 g/mol. The van der Waals surface area contributed by atoms with E-state index in [1.54, 1.807) is 48.5 Å². The number of nitrogens with one attached hydrogen (secondary N) is 3. The number of amides is 1. The molecule has 2 aromatic carbocycles. The molecule has 0 bridgehead atoms. The van der Waals surface area contributed by atoms with Gasteiger partial charge in [-0.05, 0) is 55.5 Å². The predicted molar refractivity (Wildman–Crippen MR) is 110 cm³/mol. The third-order valence-electron chi connectivity index (χ3n) is 3.91. The summed E-state index contributed by atoms with van der Waals surface area (Å²) in [4.78, 5) is 30.8. The van der Waals surface area contributed by atoms with Crippen LogP contribution in [-0.2, 0) is 4.79 Å². The first-order chi connectivity index (χ1) is 13.4. The highest BCUT2D eigenvalue weighted by Crippen LogP contribution is 2.28. The van der Waals surface area contributed by atoms with Gasteiger partial charge in [-0.2, -0.15) is 0 Å². The third kappa shape index (κ3) is 4.61. The number of benzene rings is 2. The SMILES string of the molecule is CC(=O)Nc1ccc(Nc2ncnc(Nc3ccc(C(C)=O)cc3)c2N)cc1. The monoisotopic (exact) mass is 376 g/mol. The maximum atomic E-state index is 11.4. The average Bonchev–Trinajstić information content (AvgIpc) is 2.66. The van der Waals surface area contributed by atoms with Gasteiger partial charge in [0.25, 0.3) is 0 Å². The topological polar surface area (TPSA) is 122 Å². The van der Waals surface area contributed by atoms with Crippen LogP contribution in [0.15, 0.2) is 54.9 Å². The maximum Gasteiger partial charge on any atom is 0.221 e. The van der Waals surface area contributed by atoms with Gasteiger partial charge in [0.1, 0.15) is 12.0 Å². The van der Waals surface area contributed by atoms with Crippen LogP contribution >= 0.6 is 0 Å². The summed E-state index contributed by atoms with van der Waals surface area (Å²) in [5, 5.41) is 8.96. The molecule has 3 aromatic rings. The lowest BCUT2D eigenvalue weighted by molar-refractivity contribution is -0.114. The highest BCUT2D eigenvalue weighted by Gasteiger charge is 2.09. The molecular weight excluding hydrogens is 356 g/mol. The lowest BCUT2D eigenvalue weighted by atomic mass is 10.1. The van der Waals surface area contributed by atoms with Crippen LogP contribution in [0.25, 0.3) is 0 Å². The van der Waals surface area contributed by atoms with Crippen molar-refractivity contribution in [1.82, 2.24) is 9.97 Å². The number of nitrogen functional groups attached to an aromatic ring is 1. The molecule has 0 saturated heterocycles. The molecule has 8 nitrogen and oxygen atoms in total. The van der Waals surface area contributed by atoms with Gasteiger partial charge in [0.15, 0.2) is 17.4 Å². The zero-order valence-corrected chi connectivity index (χ0v) is 15.5. The number of hydrogen-bond donors (Lipinski definition) is 4. The molecule has 0 atom stereocenters. The summed E-state index contributed by atoms with van der Waals surface area (Å²) in [6.07, 6.45) is 1.40. The quantitative estimate of drug-likeness (QED) is 0.484. The van der Waals surface area contributed by atoms with Crippen LogP contribution < -0.4 is 21.7 Å². The Hall–Kier alpha value is -3.94. The minimum Gasteiger partial charge on any atom is -0.393 e. The van der Waals surface area contributed by atoms with E-state index < -0.39 is 0 Å². The van der Waals surface area contributed by atoms with Crippen molar-refractivity contribution in [1.29, 1.82) is 0 Å². The molecule has 1 amide bonds. The molecule has 5 N–H and O–H groups in total. The molecule has 0 radical (unpaired) electrons. The molecule has 8 heteroatoms. The minimum atomic E-state index is -0.132. The Morgan fingerprint density at radius 1 is 0.786 bits per heavy atom. The van der Waals surface area contributed by atoms with Gasteiger partial charge in [-0.25, -0.2) is 9.97 Å². The molecule has 1 heterocycles. The Bertz CT molecular complexity index is 1000. The van der Waals surface area contributed by atoms with Crippen molar-refractivity contribution in [3.05, 3.63) is 60.4 Å². The van der Waals surface area contributed by atoms with E-state index in [2.05, 4.69) is 25.9 Å². The fourth-order valence-corrected chi connectivity index (χ4v) is 2.50. The molecule has 0 spiro atoms. The number of ketones is 1. The van der Waals surface area contributed by atoms with E-state index in [0.717, 1.165) is 11.4 Å². The number of Topliss-reactive ketones (excluding diaryl/α,β-unsaturated/α-hetero) is 1. The van der Waals surface area contributed by atoms with E-state index in [-0.39, 0.29) is 11.7 Å². The highest BCUT2D eigenvalue weighted by atomic mass is 16.1. The van der Waals surface area contributed by atoms with E-state index in [1.807, 2.05) is 0 Å². The van der Waals surface area contributed by atoms with Crippen molar-refractivity contribution in [2.24, 2.45) is 0 Å². The standard InChI is InChI=1S/C20H20N6O2/c1-12(27)14-3-5-16(6-4-14)25-19-18(21)20(23-11-22-19)26-17-9-7-15(8-10-17)24-13(2)28/h3-11H,21H2,1-2H3,(H,24,28)(H2,22,23,25,26). The summed E-state index contributed by atoms with van der Waals surface area (Å²) in [6, 6.07) is 14.2. The Morgan fingerprint density at radius 3 is 1.71 bits per heavy atom. The van der Waals surface area contributed by atoms with Gasteiger partial charge in [0.05, 0.1) is 0 Å². The van der Waals surface area contributed by atoms with E-state index in [4.69, 9.17) is 5.73 Å². The molecule has 0 aliphatic heterocycles. The van der Waals surface area contributed by atoms with Crippen molar-refractivity contribution >= 4 is 46.1 Å². The molecule has 1 aromatic heterocycles. The fraction of sp³-hybridized carbons (Fsp3) is 0.100. The largest absolute Gasteiger partial charge is 0.393 e. The van der Waals surface area contributed by atoms with Crippen LogP contribution in [0.2, 0.25) is 0 Å². The van der Waals surface area contributed by atoms with Crippen molar-refractivity contribution < 1.29 is 9.59 Å². The summed E-state index contributed by atoms with van der Waals surface area (Å²) in [6.45, 7) is 2.97. The van der Waals surface area contributed by atoms with Gasteiger partial charge in [0.2, 0.25) is 5.91 Å². The number of aromatic nitrogens is 2. The number of anilines is 6. The number of nitrogens with two attached hydrogens (primary N) is 1. The first-order valence-electron chi connectivity index (χ1n) is 8.55. The van der Waals surface area contributed by atoms with Crippen molar-refractivity contribution in [2.75, 3.05) is 21.7 Å². The molecule has 0 aliphatic carbocycles. The second-order valence-electron chi connectivity index (χ2n) is 6.13. The maximum absolute atomic E-state index is 11.4. The zero-order valence-electron chi connectivity index (χ0n) is 15.5. The van der Waals surface area contributed by atoms with Crippen LogP contribution in [0.5, 0.6) is 0 Å². The van der Waals surface area contributed by atoms with Crippen molar-refractivity contribution in [2.45, 2.75) is 13.8 Å². The number of carbonyl (C=O) groups excluding carboxylic acids is 2. The van der Waals surface area contributed by atoms with Crippen LogP contribution in [0.3, 0.4) is 0 Å². The summed E-state index contributed by atoms with van der Waals surface area (Å²) >= 11 is 0. The van der Waals surface area contributed by atoms with Gasteiger partial charge in [-0.3, -0.25) is 9.59 Å². The van der Waals surface area contributed by atoms with E-state index in [0.29, 0.717) is 28.6 Å². The smallest absolute Gasteiger partial charge is 0.221 e. The summed E-state index contributed by atoms with van der Waals surface area (Å²) in [7, 11) is 0. The Labute approximate surface area is 162 Å². The zero-order chi connectivity index (χ0) is 20.1. The number of nitrogens with zero attached hydrogens (tertiary/aromatic N) is 2. The van der Waals surface area contributed by atoms with Gasteiger partial charge in [-0.15, -0.1) is 0 Å². The van der Waals surface area contributed by atoms with Crippen LogP contribution in [0.4, 0.5) is 34.4 Å². The molecule has 0 unspecified atom stereocenters. The summed E-state index contributed by atoms with van der Waals surface area (Å²) in [5.41, 5.74) is 9.38. The van der Waals surface area contributed by atoms with Crippen LogP contribution in [0.1, 0.15) is 24.2 Å². The third-order valence-corrected chi connectivity index (χ3v) is 3.91. The molecule has 0 saturated carbocycles. The molecule has 28 heavy (non-hydrogen) atoms. The lowest BCUT2D eigenvalue weighted by Crippen LogP contribution is -2.06. The van der Waals surface area contributed by atoms with Gasteiger partial charge in [0, 0.05) is 29.5 Å². The predicted octanol–water partition coefficient (Wildman–Crippen LogP) is 3.71. The van der Waals surface area contributed by atoms with Crippen molar-refractivity contribution in [3.63, 3.8) is 0 Å².